The molecule has 0 atom stereocenters. The smallest absolute Gasteiger partial charge is 0.0703 e. The normalized spacial score (nSPS) is 26.1. The monoisotopic (exact) mass is 361 g/mol. The molecular weight excluding hydrogens is 337 g/mol. The van der Waals surface area contributed by atoms with Crippen molar-refractivity contribution in [2.45, 2.75) is 51.0 Å². The fourth-order valence-corrected chi connectivity index (χ4v) is 3.97. The van der Waals surface area contributed by atoms with Gasteiger partial charge in [0.25, 0.3) is 0 Å². The lowest BCUT2D eigenvalue weighted by Gasteiger charge is -2.40. The van der Waals surface area contributed by atoms with Gasteiger partial charge in [0.15, 0.2) is 0 Å². The first-order chi connectivity index (χ1) is 8.65. The standard InChI is InChI=1S/C14H24IN3/c1-17(13-5-9-18(15)10-6-13)12-14(11-16)7-3-2-4-8-14/h13H,2-10,12H2,1H3. The van der Waals surface area contributed by atoms with Crippen LogP contribution in [0.15, 0.2) is 0 Å². The molecule has 0 aromatic heterocycles. The van der Waals surface area contributed by atoms with Gasteiger partial charge >= 0.3 is 0 Å². The summed E-state index contributed by atoms with van der Waals surface area (Å²) in [5.41, 5.74) is -0.0472. The molecule has 1 heterocycles. The Morgan fingerprint density at radius 3 is 2.44 bits per heavy atom. The summed E-state index contributed by atoms with van der Waals surface area (Å²) in [6.07, 6.45) is 8.53. The SMILES string of the molecule is CN(CC1(C#N)CCCCC1)C1CCN(I)CC1. The van der Waals surface area contributed by atoms with Crippen molar-refractivity contribution in [2.24, 2.45) is 5.41 Å². The van der Waals surface area contributed by atoms with Gasteiger partial charge in [-0.3, -0.25) is 0 Å². The summed E-state index contributed by atoms with van der Waals surface area (Å²) in [6.45, 7) is 3.36. The molecule has 0 aromatic carbocycles. The maximum Gasteiger partial charge on any atom is 0.0703 e. The van der Waals surface area contributed by atoms with E-state index < -0.39 is 0 Å². The van der Waals surface area contributed by atoms with Crippen molar-refractivity contribution in [1.82, 2.24) is 8.01 Å². The van der Waals surface area contributed by atoms with Crippen LogP contribution in [0.25, 0.3) is 0 Å². The average Bonchev–Trinajstić information content (AvgIpc) is 2.40. The Bertz CT molecular complexity index is 299. The van der Waals surface area contributed by atoms with Gasteiger partial charge in [-0.25, -0.2) is 3.11 Å². The van der Waals surface area contributed by atoms with E-state index in [1.807, 2.05) is 0 Å². The number of halogens is 1. The van der Waals surface area contributed by atoms with Crippen LogP contribution >= 0.6 is 22.9 Å². The van der Waals surface area contributed by atoms with E-state index in [0.717, 1.165) is 19.4 Å². The summed E-state index contributed by atoms with van der Waals surface area (Å²) in [4.78, 5) is 2.47. The van der Waals surface area contributed by atoms with Crippen LogP contribution in [0, 0.1) is 16.7 Å². The first-order valence-electron chi connectivity index (χ1n) is 7.17. The molecule has 1 aliphatic carbocycles. The van der Waals surface area contributed by atoms with Crippen molar-refractivity contribution in [2.75, 3.05) is 26.7 Å². The van der Waals surface area contributed by atoms with Crippen LogP contribution in [0.1, 0.15) is 44.9 Å². The van der Waals surface area contributed by atoms with Crippen molar-refractivity contribution >= 4 is 22.9 Å². The van der Waals surface area contributed by atoms with Crippen molar-refractivity contribution in [1.29, 1.82) is 5.26 Å². The molecule has 2 aliphatic rings. The van der Waals surface area contributed by atoms with Gasteiger partial charge in [0.1, 0.15) is 0 Å². The quantitative estimate of drug-likeness (QED) is 0.571. The average molecular weight is 361 g/mol. The van der Waals surface area contributed by atoms with Crippen molar-refractivity contribution in [3.05, 3.63) is 0 Å². The largest absolute Gasteiger partial charge is 0.302 e. The molecule has 2 rings (SSSR count). The van der Waals surface area contributed by atoms with Crippen LogP contribution in [0.5, 0.6) is 0 Å². The summed E-state index contributed by atoms with van der Waals surface area (Å²) >= 11 is 2.42. The van der Waals surface area contributed by atoms with Gasteiger partial charge < -0.3 is 4.90 Å². The lowest BCUT2D eigenvalue weighted by Crippen LogP contribution is -2.45. The van der Waals surface area contributed by atoms with E-state index in [-0.39, 0.29) is 5.41 Å². The molecule has 4 heteroatoms. The van der Waals surface area contributed by atoms with Gasteiger partial charge in [0, 0.05) is 48.5 Å². The molecule has 1 saturated carbocycles. The Morgan fingerprint density at radius 2 is 1.89 bits per heavy atom. The minimum Gasteiger partial charge on any atom is -0.302 e. The van der Waals surface area contributed by atoms with Crippen molar-refractivity contribution in [3.8, 4) is 6.07 Å². The number of nitrogens with zero attached hydrogens (tertiary/aromatic N) is 3. The molecule has 0 unspecified atom stereocenters. The van der Waals surface area contributed by atoms with Crippen LogP contribution in [0.4, 0.5) is 0 Å². The molecule has 1 aliphatic heterocycles. The Morgan fingerprint density at radius 1 is 1.28 bits per heavy atom. The summed E-state index contributed by atoms with van der Waals surface area (Å²) in [5, 5.41) is 9.54. The molecule has 1 saturated heterocycles. The lowest BCUT2D eigenvalue weighted by molar-refractivity contribution is 0.113. The highest BCUT2D eigenvalue weighted by Crippen LogP contribution is 2.37. The summed E-state index contributed by atoms with van der Waals surface area (Å²) in [7, 11) is 2.22. The van der Waals surface area contributed by atoms with Crippen LogP contribution in [-0.4, -0.2) is 40.7 Å². The van der Waals surface area contributed by atoms with Gasteiger partial charge in [0.2, 0.25) is 0 Å². The highest BCUT2D eigenvalue weighted by molar-refractivity contribution is 14.1. The molecule has 0 radical (unpaired) electrons. The molecule has 2 fully saturated rings. The first-order valence-corrected chi connectivity index (χ1v) is 8.14. The molecule has 3 nitrogen and oxygen atoms in total. The first kappa shape index (κ1) is 14.5. The van der Waals surface area contributed by atoms with E-state index in [1.54, 1.807) is 0 Å². The fraction of sp³-hybridized carbons (Fsp3) is 0.929. The van der Waals surface area contributed by atoms with Crippen LogP contribution in [0.2, 0.25) is 0 Å². The van der Waals surface area contributed by atoms with Gasteiger partial charge in [-0.15, -0.1) is 0 Å². The maximum absolute atomic E-state index is 9.54. The van der Waals surface area contributed by atoms with Crippen LogP contribution in [0.3, 0.4) is 0 Å². The molecule has 0 bridgehead atoms. The molecule has 0 aromatic rings. The van der Waals surface area contributed by atoms with Crippen LogP contribution in [-0.2, 0) is 0 Å². The second-order valence-corrected chi connectivity index (χ2v) is 7.37. The second-order valence-electron chi connectivity index (χ2n) is 6.01. The third-order valence-corrected chi connectivity index (χ3v) is 5.60. The Hall–Kier alpha value is 0.140. The van der Waals surface area contributed by atoms with E-state index in [1.165, 1.54) is 45.2 Å². The second kappa shape index (κ2) is 6.53. The minimum absolute atomic E-state index is 0.0472. The Kier molecular flexibility index (Phi) is 5.28. The minimum atomic E-state index is -0.0472. The molecule has 0 N–H and O–H groups in total. The molecule has 18 heavy (non-hydrogen) atoms. The zero-order valence-electron chi connectivity index (χ0n) is 11.4. The Labute approximate surface area is 125 Å². The van der Waals surface area contributed by atoms with E-state index >= 15 is 0 Å². The third kappa shape index (κ3) is 3.58. The van der Waals surface area contributed by atoms with E-state index in [2.05, 4.69) is 44.0 Å². The predicted octanol–water partition coefficient (Wildman–Crippen LogP) is 3.21. The van der Waals surface area contributed by atoms with E-state index in [4.69, 9.17) is 0 Å². The predicted molar refractivity (Wildman–Crippen MR) is 82.4 cm³/mol. The highest BCUT2D eigenvalue weighted by atomic mass is 127. The number of nitriles is 1. The molecular formula is C14H24IN3. The van der Waals surface area contributed by atoms with E-state index in [9.17, 15) is 5.26 Å². The van der Waals surface area contributed by atoms with Crippen LogP contribution < -0.4 is 0 Å². The molecule has 0 amide bonds. The number of hydrogen-bond acceptors (Lipinski definition) is 3. The number of hydrogen-bond donors (Lipinski definition) is 0. The van der Waals surface area contributed by atoms with Gasteiger partial charge in [0.05, 0.1) is 11.5 Å². The zero-order valence-corrected chi connectivity index (χ0v) is 13.5. The number of piperidine rings is 1. The van der Waals surface area contributed by atoms with Crippen molar-refractivity contribution < 1.29 is 0 Å². The van der Waals surface area contributed by atoms with Gasteiger partial charge in [-0.1, -0.05) is 19.3 Å². The van der Waals surface area contributed by atoms with Crippen molar-refractivity contribution in [3.63, 3.8) is 0 Å². The molecule has 102 valence electrons. The highest BCUT2D eigenvalue weighted by Gasteiger charge is 2.35. The number of rotatable bonds is 3. The maximum atomic E-state index is 9.54. The summed E-state index contributed by atoms with van der Waals surface area (Å²) < 4.78 is 2.38. The molecule has 0 spiro atoms. The van der Waals surface area contributed by atoms with E-state index in [0.29, 0.717) is 6.04 Å². The topological polar surface area (TPSA) is 30.3 Å². The summed E-state index contributed by atoms with van der Waals surface area (Å²) in [5.74, 6) is 0. The third-order valence-electron chi connectivity index (χ3n) is 4.63. The zero-order chi connectivity index (χ0) is 13.0. The summed E-state index contributed by atoms with van der Waals surface area (Å²) in [6, 6.07) is 3.33. The lowest BCUT2D eigenvalue weighted by atomic mass is 9.74. The van der Waals surface area contributed by atoms with Gasteiger partial charge in [-0.05, 0) is 32.7 Å². The fourth-order valence-electron chi connectivity index (χ4n) is 3.42. The Balaban J connectivity index is 1.89. The van der Waals surface area contributed by atoms with Gasteiger partial charge in [-0.2, -0.15) is 5.26 Å².